The summed E-state index contributed by atoms with van der Waals surface area (Å²) in [6.45, 7) is 3.10. The van der Waals surface area contributed by atoms with E-state index in [4.69, 9.17) is 9.47 Å². The van der Waals surface area contributed by atoms with Crippen LogP contribution in [0.4, 0.5) is 0 Å². The van der Waals surface area contributed by atoms with Crippen molar-refractivity contribution in [2.75, 3.05) is 26.8 Å². The van der Waals surface area contributed by atoms with Crippen LogP contribution in [0.25, 0.3) is 0 Å². The maximum absolute atomic E-state index is 12.3. The summed E-state index contributed by atoms with van der Waals surface area (Å²) in [5.41, 5.74) is 0.915. The first-order valence-corrected chi connectivity index (χ1v) is 7.20. The Labute approximate surface area is 107 Å². The summed E-state index contributed by atoms with van der Waals surface area (Å²) in [6, 6.07) is 6.85. The number of aryl methyl sites for hydroxylation is 1. The summed E-state index contributed by atoms with van der Waals surface area (Å²) >= 11 is 0. The molecule has 0 aliphatic carbocycles. The molecular weight excluding hydrogens is 254 g/mol. The molecule has 0 saturated carbocycles. The van der Waals surface area contributed by atoms with E-state index < -0.39 is 16.3 Å². The number of rotatable bonds is 4. The van der Waals surface area contributed by atoms with Crippen LogP contribution in [0, 0.1) is 6.92 Å². The van der Waals surface area contributed by atoms with E-state index in [0.29, 0.717) is 18.1 Å². The summed E-state index contributed by atoms with van der Waals surface area (Å²) in [4.78, 5) is 0.294. The normalized spacial score (nSPS) is 17.5. The monoisotopic (exact) mass is 271 g/mol. The van der Waals surface area contributed by atoms with Crippen molar-refractivity contribution in [1.82, 2.24) is 4.31 Å². The van der Waals surface area contributed by atoms with Gasteiger partial charge in [-0.2, -0.15) is 4.31 Å². The SMILES string of the molecule is Cc1cccc(S(=O)(=O)N(C)CC2OCCO2)c1. The van der Waals surface area contributed by atoms with Crippen LogP contribution in [-0.4, -0.2) is 45.8 Å². The molecule has 1 aromatic rings. The fraction of sp³-hybridized carbons (Fsp3) is 0.500. The minimum atomic E-state index is -3.48. The molecule has 0 radical (unpaired) electrons. The molecule has 1 aliphatic heterocycles. The van der Waals surface area contributed by atoms with E-state index in [-0.39, 0.29) is 6.54 Å². The molecule has 1 aromatic carbocycles. The predicted octanol–water partition coefficient (Wildman–Crippen LogP) is 0.988. The Morgan fingerprint density at radius 3 is 2.61 bits per heavy atom. The second kappa shape index (κ2) is 5.36. The van der Waals surface area contributed by atoms with Crippen LogP contribution >= 0.6 is 0 Å². The van der Waals surface area contributed by atoms with Crippen molar-refractivity contribution in [3.8, 4) is 0 Å². The maximum atomic E-state index is 12.3. The van der Waals surface area contributed by atoms with E-state index in [2.05, 4.69) is 0 Å². The van der Waals surface area contributed by atoms with E-state index in [1.165, 1.54) is 11.4 Å². The van der Waals surface area contributed by atoms with Gasteiger partial charge in [-0.3, -0.25) is 0 Å². The number of likely N-dealkylation sites (N-methyl/N-ethyl adjacent to an activating group) is 1. The molecule has 0 unspecified atom stereocenters. The fourth-order valence-corrected chi connectivity index (χ4v) is 3.04. The number of hydrogen-bond acceptors (Lipinski definition) is 4. The average Bonchev–Trinajstić information content (AvgIpc) is 2.81. The molecule has 0 N–H and O–H groups in total. The molecule has 0 bridgehead atoms. The van der Waals surface area contributed by atoms with Crippen LogP contribution in [0.15, 0.2) is 29.2 Å². The van der Waals surface area contributed by atoms with Gasteiger partial charge in [0.25, 0.3) is 0 Å². The van der Waals surface area contributed by atoms with Gasteiger partial charge < -0.3 is 9.47 Å². The van der Waals surface area contributed by atoms with Gasteiger partial charge in [-0.25, -0.2) is 8.42 Å². The predicted molar refractivity (Wildman–Crippen MR) is 66.7 cm³/mol. The second-order valence-corrected chi connectivity index (χ2v) is 6.32. The quantitative estimate of drug-likeness (QED) is 0.819. The number of hydrogen-bond donors (Lipinski definition) is 0. The lowest BCUT2D eigenvalue weighted by molar-refractivity contribution is -0.0482. The molecule has 1 fully saturated rings. The third kappa shape index (κ3) is 2.89. The van der Waals surface area contributed by atoms with E-state index in [1.54, 1.807) is 18.2 Å². The van der Waals surface area contributed by atoms with Crippen molar-refractivity contribution in [3.05, 3.63) is 29.8 Å². The zero-order valence-electron chi connectivity index (χ0n) is 10.5. The Morgan fingerprint density at radius 2 is 2.00 bits per heavy atom. The molecule has 1 aliphatic rings. The highest BCUT2D eigenvalue weighted by atomic mass is 32.2. The lowest BCUT2D eigenvalue weighted by Crippen LogP contribution is -2.34. The molecule has 2 rings (SSSR count). The number of benzene rings is 1. The molecule has 0 aromatic heterocycles. The van der Waals surface area contributed by atoms with Gasteiger partial charge in [-0.1, -0.05) is 12.1 Å². The zero-order chi connectivity index (χ0) is 13.2. The second-order valence-electron chi connectivity index (χ2n) is 4.27. The maximum Gasteiger partial charge on any atom is 0.242 e. The molecule has 6 heteroatoms. The van der Waals surface area contributed by atoms with Gasteiger partial charge in [0.15, 0.2) is 6.29 Å². The van der Waals surface area contributed by atoms with Crippen LogP contribution < -0.4 is 0 Å². The first-order valence-electron chi connectivity index (χ1n) is 5.76. The number of nitrogens with zero attached hydrogens (tertiary/aromatic N) is 1. The molecule has 0 atom stereocenters. The highest BCUT2D eigenvalue weighted by Crippen LogP contribution is 2.17. The third-order valence-electron chi connectivity index (χ3n) is 2.79. The van der Waals surface area contributed by atoms with Crippen molar-refractivity contribution in [3.63, 3.8) is 0 Å². The molecule has 0 spiro atoms. The van der Waals surface area contributed by atoms with Crippen molar-refractivity contribution < 1.29 is 17.9 Å². The highest BCUT2D eigenvalue weighted by molar-refractivity contribution is 7.89. The van der Waals surface area contributed by atoms with Gasteiger partial charge in [0, 0.05) is 7.05 Å². The molecule has 1 heterocycles. The van der Waals surface area contributed by atoms with Crippen LogP contribution in [0.1, 0.15) is 5.56 Å². The van der Waals surface area contributed by atoms with Gasteiger partial charge in [0.2, 0.25) is 10.0 Å². The summed E-state index contributed by atoms with van der Waals surface area (Å²) in [7, 11) is -1.95. The van der Waals surface area contributed by atoms with Gasteiger partial charge in [-0.15, -0.1) is 0 Å². The smallest absolute Gasteiger partial charge is 0.242 e. The topological polar surface area (TPSA) is 55.8 Å². The van der Waals surface area contributed by atoms with Crippen LogP contribution in [0.5, 0.6) is 0 Å². The Kier molecular flexibility index (Phi) is 4.01. The van der Waals surface area contributed by atoms with Crippen LogP contribution in [0.2, 0.25) is 0 Å². The minimum Gasteiger partial charge on any atom is -0.349 e. The van der Waals surface area contributed by atoms with Crippen molar-refractivity contribution >= 4 is 10.0 Å². The van der Waals surface area contributed by atoms with Gasteiger partial charge in [-0.05, 0) is 24.6 Å². The lowest BCUT2D eigenvalue weighted by Gasteiger charge is -2.20. The first kappa shape index (κ1) is 13.5. The Morgan fingerprint density at radius 1 is 1.33 bits per heavy atom. The van der Waals surface area contributed by atoms with Gasteiger partial charge >= 0.3 is 0 Å². The molecular formula is C12H17NO4S. The van der Waals surface area contributed by atoms with Gasteiger partial charge in [0.1, 0.15) is 0 Å². The number of ether oxygens (including phenoxy) is 2. The Hall–Kier alpha value is -0.950. The number of sulfonamides is 1. The van der Waals surface area contributed by atoms with Gasteiger partial charge in [0.05, 0.1) is 24.7 Å². The van der Waals surface area contributed by atoms with E-state index in [0.717, 1.165) is 5.56 Å². The summed E-state index contributed by atoms with van der Waals surface area (Å²) in [6.07, 6.45) is -0.463. The summed E-state index contributed by atoms with van der Waals surface area (Å²) in [5.74, 6) is 0. The fourth-order valence-electron chi connectivity index (χ4n) is 1.78. The Bertz CT molecular complexity index is 509. The highest BCUT2D eigenvalue weighted by Gasteiger charge is 2.26. The largest absolute Gasteiger partial charge is 0.349 e. The standard InChI is InChI=1S/C12H17NO4S/c1-10-4-3-5-11(8-10)18(14,15)13(2)9-12-16-6-7-17-12/h3-5,8,12H,6-7,9H2,1-2H3. The summed E-state index contributed by atoms with van der Waals surface area (Å²) in [5, 5.41) is 0. The van der Waals surface area contributed by atoms with E-state index in [1.807, 2.05) is 13.0 Å². The minimum absolute atomic E-state index is 0.205. The van der Waals surface area contributed by atoms with Crippen LogP contribution in [0.3, 0.4) is 0 Å². The van der Waals surface area contributed by atoms with E-state index >= 15 is 0 Å². The molecule has 1 saturated heterocycles. The summed E-state index contributed by atoms with van der Waals surface area (Å²) < 4.78 is 36.3. The third-order valence-corrected chi connectivity index (χ3v) is 4.61. The van der Waals surface area contributed by atoms with Crippen LogP contribution in [-0.2, 0) is 19.5 Å². The lowest BCUT2D eigenvalue weighted by atomic mass is 10.2. The molecule has 5 nitrogen and oxygen atoms in total. The zero-order valence-corrected chi connectivity index (χ0v) is 11.3. The van der Waals surface area contributed by atoms with Crippen molar-refractivity contribution in [2.24, 2.45) is 0 Å². The molecule has 100 valence electrons. The van der Waals surface area contributed by atoms with Crippen molar-refractivity contribution in [1.29, 1.82) is 0 Å². The Balaban J connectivity index is 2.14. The van der Waals surface area contributed by atoms with E-state index in [9.17, 15) is 8.42 Å². The van der Waals surface area contributed by atoms with Crippen molar-refractivity contribution in [2.45, 2.75) is 18.1 Å². The average molecular weight is 271 g/mol. The first-order chi connectivity index (χ1) is 8.50. The molecule has 0 amide bonds. The molecule has 18 heavy (non-hydrogen) atoms.